The van der Waals surface area contributed by atoms with Crippen molar-refractivity contribution in [2.24, 2.45) is 5.92 Å². The maximum Gasteiger partial charge on any atom is 0.337 e. The van der Waals surface area contributed by atoms with Crippen molar-refractivity contribution in [1.82, 2.24) is 10.3 Å². The van der Waals surface area contributed by atoms with Gasteiger partial charge in [-0.2, -0.15) is 0 Å². The number of pyridine rings is 1. The Morgan fingerprint density at radius 3 is 2.19 bits per heavy atom. The minimum Gasteiger partial charge on any atom is -0.465 e. The fraction of sp³-hybridized carbons (Fsp3) is 0.300. The van der Waals surface area contributed by atoms with Crippen molar-refractivity contribution in [3.05, 3.63) is 59.9 Å². The number of aromatic nitrogens is 1. The highest BCUT2D eigenvalue weighted by Gasteiger charge is 2.26. The van der Waals surface area contributed by atoms with Gasteiger partial charge in [0, 0.05) is 23.6 Å². The minimum absolute atomic E-state index is 0.0647. The maximum atomic E-state index is 12.7. The van der Waals surface area contributed by atoms with Gasteiger partial charge >= 0.3 is 5.97 Å². The van der Waals surface area contributed by atoms with Crippen molar-refractivity contribution in [2.75, 3.05) is 12.4 Å². The summed E-state index contributed by atoms with van der Waals surface area (Å²) in [5, 5.41) is 5.57. The number of nitrogens with zero attached hydrogens (tertiary/aromatic N) is 1. The summed E-state index contributed by atoms with van der Waals surface area (Å²) in [5.41, 5.74) is 1.32. The molecule has 0 radical (unpaired) electrons. The van der Waals surface area contributed by atoms with E-state index in [9.17, 15) is 14.4 Å². The van der Waals surface area contributed by atoms with Crippen LogP contribution in [0.3, 0.4) is 0 Å². The normalized spacial score (nSPS) is 12.6. The number of methoxy groups -OCH3 is 1. The van der Waals surface area contributed by atoms with E-state index in [0.717, 1.165) is 6.42 Å². The SMILES string of the molecule is CCC(C)C(NC(=O)c1ccc(C(=O)OC)cc1)C(=O)Nc1ccncc1. The molecule has 1 aromatic carbocycles. The van der Waals surface area contributed by atoms with E-state index in [2.05, 4.69) is 20.4 Å². The summed E-state index contributed by atoms with van der Waals surface area (Å²) >= 11 is 0. The Labute approximate surface area is 158 Å². The summed E-state index contributed by atoms with van der Waals surface area (Å²) in [6.45, 7) is 3.85. The number of benzene rings is 1. The van der Waals surface area contributed by atoms with Gasteiger partial charge in [-0.3, -0.25) is 14.6 Å². The summed E-state index contributed by atoms with van der Waals surface area (Å²) in [6.07, 6.45) is 3.88. The lowest BCUT2D eigenvalue weighted by Gasteiger charge is -2.23. The zero-order valence-corrected chi connectivity index (χ0v) is 15.6. The van der Waals surface area contributed by atoms with Gasteiger partial charge in [-0.15, -0.1) is 0 Å². The number of carbonyl (C=O) groups excluding carboxylic acids is 3. The summed E-state index contributed by atoms with van der Waals surface area (Å²) in [6, 6.07) is 8.73. The second-order valence-corrected chi connectivity index (χ2v) is 6.13. The molecule has 0 saturated heterocycles. The number of anilines is 1. The number of hydrogen-bond acceptors (Lipinski definition) is 5. The van der Waals surface area contributed by atoms with Crippen molar-refractivity contribution in [2.45, 2.75) is 26.3 Å². The fourth-order valence-corrected chi connectivity index (χ4v) is 2.46. The molecule has 142 valence electrons. The molecule has 0 bridgehead atoms. The van der Waals surface area contributed by atoms with Gasteiger partial charge in [0.15, 0.2) is 0 Å². The van der Waals surface area contributed by atoms with E-state index in [0.29, 0.717) is 16.8 Å². The number of rotatable bonds is 7. The molecule has 2 unspecified atom stereocenters. The van der Waals surface area contributed by atoms with Crippen LogP contribution in [0.5, 0.6) is 0 Å². The third kappa shape index (κ3) is 5.37. The Morgan fingerprint density at radius 2 is 1.63 bits per heavy atom. The summed E-state index contributed by atoms with van der Waals surface area (Å²) < 4.78 is 4.64. The first kappa shape index (κ1) is 20.1. The second-order valence-electron chi connectivity index (χ2n) is 6.13. The predicted molar refractivity (Wildman–Crippen MR) is 101 cm³/mol. The first-order valence-electron chi connectivity index (χ1n) is 8.66. The highest BCUT2D eigenvalue weighted by Crippen LogP contribution is 2.13. The Kier molecular flexibility index (Phi) is 7.05. The molecule has 2 N–H and O–H groups in total. The van der Waals surface area contributed by atoms with E-state index in [1.807, 2.05) is 13.8 Å². The molecule has 0 saturated carbocycles. The van der Waals surface area contributed by atoms with E-state index in [1.165, 1.54) is 31.4 Å². The van der Waals surface area contributed by atoms with Crippen LogP contribution >= 0.6 is 0 Å². The molecule has 27 heavy (non-hydrogen) atoms. The third-order valence-electron chi connectivity index (χ3n) is 4.30. The molecule has 2 atom stereocenters. The van der Waals surface area contributed by atoms with Crippen LogP contribution < -0.4 is 10.6 Å². The van der Waals surface area contributed by atoms with E-state index in [-0.39, 0.29) is 17.7 Å². The quantitative estimate of drug-likeness (QED) is 0.731. The molecule has 1 heterocycles. The van der Waals surface area contributed by atoms with Crippen LogP contribution in [0.4, 0.5) is 5.69 Å². The van der Waals surface area contributed by atoms with Gasteiger partial charge in [0.1, 0.15) is 6.04 Å². The summed E-state index contributed by atoms with van der Waals surface area (Å²) in [7, 11) is 1.29. The standard InChI is InChI=1S/C20H23N3O4/c1-4-13(2)17(19(25)22-16-9-11-21-12-10-16)23-18(24)14-5-7-15(8-6-14)20(26)27-3/h5-13,17H,4H2,1-3H3,(H,23,24)(H,21,22,25). The van der Waals surface area contributed by atoms with E-state index in [4.69, 9.17) is 0 Å². The molecule has 0 aliphatic carbocycles. The van der Waals surface area contributed by atoms with Crippen LogP contribution in [0.2, 0.25) is 0 Å². The zero-order valence-electron chi connectivity index (χ0n) is 15.6. The Balaban J connectivity index is 2.11. The van der Waals surface area contributed by atoms with Crippen LogP contribution in [0.1, 0.15) is 41.0 Å². The van der Waals surface area contributed by atoms with Crippen molar-refractivity contribution < 1.29 is 19.1 Å². The highest BCUT2D eigenvalue weighted by molar-refractivity contribution is 6.01. The zero-order chi connectivity index (χ0) is 19.8. The topological polar surface area (TPSA) is 97.4 Å². The highest BCUT2D eigenvalue weighted by atomic mass is 16.5. The van der Waals surface area contributed by atoms with Crippen LogP contribution in [-0.4, -0.2) is 35.9 Å². The smallest absolute Gasteiger partial charge is 0.337 e. The van der Waals surface area contributed by atoms with Crippen LogP contribution in [0, 0.1) is 5.92 Å². The number of nitrogens with one attached hydrogen (secondary N) is 2. The monoisotopic (exact) mass is 369 g/mol. The minimum atomic E-state index is -0.698. The molecular formula is C20H23N3O4. The lowest BCUT2D eigenvalue weighted by Crippen LogP contribution is -2.47. The molecule has 7 nitrogen and oxygen atoms in total. The van der Waals surface area contributed by atoms with Crippen LogP contribution in [-0.2, 0) is 9.53 Å². The van der Waals surface area contributed by atoms with Gasteiger partial charge in [0.2, 0.25) is 5.91 Å². The molecule has 2 amide bonds. The van der Waals surface area contributed by atoms with Crippen molar-refractivity contribution in [3.63, 3.8) is 0 Å². The number of esters is 1. The number of amides is 2. The van der Waals surface area contributed by atoms with Gasteiger partial charge < -0.3 is 15.4 Å². The number of carbonyl (C=O) groups is 3. The molecule has 0 fully saturated rings. The van der Waals surface area contributed by atoms with Gasteiger partial charge in [0.05, 0.1) is 12.7 Å². The molecule has 2 aromatic rings. The molecule has 0 spiro atoms. The average molecular weight is 369 g/mol. The molecule has 0 aliphatic rings. The Morgan fingerprint density at radius 1 is 1.04 bits per heavy atom. The molecule has 0 aliphatic heterocycles. The molecule has 7 heteroatoms. The Hall–Kier alpha value is -3.22. The number of ether oxygens (including phenoxy) is 1. The van der Waals surface area contributed by atoms with E-state index < -0.39 is 12.0 Å². The van der Waals surface area contributed by atoms with Crippen molar-refractivity contribution in [1.29, 1.82) is 0 Å². The van der Waals surface area contributed by atoms with Crippen molar-refractivity contribution >= 4 is 23.5 Å². The summed E-state index contributed by atoms with van der Waals surface area (Å²) in [4.78, 5) is 40.6. The molecule has 1 aromatic heterocycles. The van der Waals surface area contributed by atoms with E-state index in [1.54, 1.807) is 24.5 Å². The average Bonchev–Trinajstić information content (AvgIpc) is 2.71. The molecule has 2 rings (SSSR count). The van der Waals surface area contributed by atoms with Gasteiger partial charge in [-0.25, -0.2) is 4.79 Å². The Bertz CT molecular complexity index is 791. The van der Waals surface area contributed by atoms with Crippen molar-refractivity contribution in [3.8, 4) is 0 Å². The van der Waals surface area contributed by atoms with Crippen LogP contribution in [0.25, 0.3) is 0 Å². The number of hydrogen-bond donors (Lipinski definition) is 2. The summed E-state index contributed by atoms with van der Waals surface area (Å²) in [5.74, 6) is -1.22. The van der Waals surface area contributed by atoms with Crippen LogP contribution in [0.15, 0.2) is 48.8 Å². The first-order valence-corrected chi connectivity index (χ1v) is 8.66. The lowest BCUT2D eigenvalue weighted by atomic mass is 9.97. The third-order valence-corrected chi connectivity index (χ3v) is 4.30. The predicted octanol–water partition coefficient (Wildman–Crippen LogP) is 2.65. The van der Waals surface area contributed by atoms with Gasteiger partial charge in [0.25, 0.3) is 5.91 Å². The molecular weight excluding hydrogens is 346 g/mol. The van der Waals surface area contributed by atoms with Gasteiger partial charge in [-0.05, 0) is 42.3 Å². The first-order chi connectivity index (χ1) is 13.0. The fourth-order valence-electron chi connectivity index (χ4n) is 2.46. The van der Waals surface area contributed by atoms with E-state index >= 15 is 0 Å². The lowest BCUT2D eigenvalue weighted by molar-refractivity contribution is -0.119. The largest absolute Gasteiger partial charge is 0.465 e. The van der Waals surface area contributed by atoms with Gasteiger partial charge in [-0.1, -0.05) is 20.3 Å². The second kappa shape index (κ2) is 9.47. The maximum absolute atomic E-state index is 12.7.